The number of aromatic nitrogens is 1. The van der Waals surface area contributed by atoms with Crippen molar-refractivity contribution in [3.63, 3.8) is 0 Å². The summed E-state index contributed by atoms with van der Waals surface area (Å²) in [6.45, 7) is 13.3. The lowest BCUT2D eigenvalue weighted by atomic mass is 9.88. The fourth-order valence-corrected chi connectivity index (χ4v) is 6.35. The van der Waals surface area contributed by atoms with Gasteiger partial charge in [0.05, 0.1) is 37.6 Å². The molecule has 3 aliphatic rings. The Morgan fingerprint density at radius 1 is 1.24 bits per heavy atom. The van der Waals surface area contributed by atoms with Gasteiger partial charge in [-0.1, -0.05) is 26.8 Å². The van der Waals surface area contributed by atoms with E-state index in [0.29, 0.717) is 37.1 Å². The van der Waals surface area contributed by atoms with Crippen LogP contribution in [0.2, 0.25) is 0 Å². The average molecular weight is 572 g/mol. The minimum atomic E-state index is -0.613. The molecule has 0 radical (unpaired) electrons. The van der Waals surface area contributed by atoms with E-state index in [9.17, 15) is 18.7 Å². The van der Waals surface area contributed by atoms with E-state index in [2.05, 4.69) is 40.9 Å². The molecule has 5 rings (SSSR count). The molecule has 1 aromatic heterocycles. The van der Waals surface area contributed by atoms with Crippen LogP contribution in [0.15, 0.2) is 30.5 Å². The lowest BCUT2D eigenvalue weighted by Crippen LogP contribution is -2.65. The van der Waals surface area contributed by atoms with Crippen LogP contribution in [0.5, 0.6) is 0 Å². The number of aliphatic hydroxyl groups excluding tert-OH is 1. The normalized spacial score (nSPS) is 26.8. The first-order valence-corrected chi connectivity index (χ1v) is 14.7. The summed E-state index contributed by atoms with van der Waals surface area (Å²) in [7, 11) is 0. The number of hydrogen-bond donors (Lipinski definition) is 2. The molecule has 2 aromatic rings. The summed E-state index contributed by atoms with van der Waals surface area (Å²) in [5.41, 5.74) is 2.08. The van der Waals surface area contributed by atoms with Gasteiger partial charge in [0.25, 0.3) is 0 Å². The van der Waals surface area contributed by atoms with Crippen molar-refractivity contribution in [3.05, 3.63) is 58.9 Å². The van der Waals surface area contributed by atoms with Gasteiger partial charge in [-0.15, -0.1) is 0 Å². The second-order valence-electron chi connectivity index (χ2n) is 12.7. The first-order valence-electron chi connectivity index (χ1n) is 14.7. The van der Waals surface area contributed by atoms with Crippen LogP contribution in [0.4, 0.5) is 14.5 Å². The van der Waals surface area contributed by atoms with Crippen LogP contribution in [0.25, 0.3) is 0 Å². The summed E-state index contributed by atoms with van der Waals surface area (Å²) in [6.07, 6.45) is 2.98. The molecule has 3 unspecified atom stereocenters. The van der Waals surface area contributed by atoms with Crippen molar-refractivity contribution in [1.82, 2.24) is 20.1 Å². The zero-order chi connectivity index (χ0) is 29.4. The van der Waals surface area contributed by atoms with Crippen molar-refractivity contribution >= 4 is 11.6 Å². The molecule has 3 atom stereocenters. The van der Waals surface area contributed by atoms with Crippen LogP contribution >= 0.6 is 0 Å². The second-order valence-corrected chi connectivity index (χ2v) is 12.7. The van der Waals surface area contributed by atoms with Crippen LogP contribution in [-0.2, 0) is 21.4 Å². The van der Waals surface area contributed by atoms with Gasteiger partial charge >= 0.3 is 0 Å². The number of carbonyl (C=O) groups excluding carboxylic acids is 1. The van der Waals surface area contributed by atoms with E-state index in [0.717, 1.165) is 49.9 Å². The van der Waals surface area contributed by atoms with Crippen molar-refractivity contribution in [2.75, 3.05) is 64.0 Å². The van der Waals surface area contributed by atoms with Crippen LogP contribution in [-0.4, -0.2) is 103 Å². The number of hydrogen-bond acceptors (Lipinski definition) is 7. The number of rotatable bonds is 8. The van der Waals surface area contributed by atoms with E-state index in [1.165, 1.54) is 12.1 Å². The quantitative estimate of drug-likeness (QED) is 0.505. The number of fused-ring (bicyclic) bond motifs is 1. The predicted molar refractivity (Wildman–Crippen MR) is 154 cm³/mol. The number of pyridine rings is 1. The number of aliphatic hydroxyl groups is 1. The maximum Gasteiger partial charge on any atom is 0.241 e. The average Bonchev–Trinajstić information content (AvgIpc) is 3.22. The van der Waals surface area contributed by atoms with Crippen LogP contribution in [0.3, 0.4) is 0 Å². The highest BCUT2D eigenvalue weighted by Gasteiger charge is 2.41. The minimum absolute atomic E-state index is 0.0154. The number of ether oxygens (including phenoxy) is 1. The van der Waals surface area contributed by atoms with Gasteiger partial charge < -0.3 is 20.1 Å². The van der Waals surface area contributed by atoms with Gasteiger partial charge in [0.2, 0.25) is 5.91 Å². The van der Waals surface area contributed by atoms with Gasteiger partial charge in [-0.3, -0.25) is 19.6 Å². The predicted octanol–water partition coefficient (Wildman–Crippen LogP) is 2.71. The summed E-state index contributed by atoms with van der Waals surface area (Å²) in [5.74, 6) is -1.19. The van der Waals surface area contributed by atoms with Gasteiger partial charge in [-0.05, 0) is 31.0 Å². The van der Waals surface area contributed by atoms with E-state index in [1.807, 2.05) is 17.9 Å². The number of nitrogens with one attached hydrogen (secondary N) is 1. The third kappa shape index (κ3) is 6.32. The third-order valence-corrected chi connectivity index (χ3v) is 9.10. The topological polar surface area (TPSA) is 81.2 Å². The zero-order valence-corrected chi connectivity index (χ0v) is 24.6. The van der Waals surface area contributed by atoms with E-state index in [4.69, 9.17) is 4.74 Å². The monoisotopic (exact) mass is 571 g/mol. The van der Waals surface area contributed by atoms with Crippen molar-refractivity contribution in [3.8, 4) is 0 Å². The standard InChI is InChI=1S/C31H43F2N5O3/c1-5-23-15-36(25(13-34-23)16-37-8-9-41-20-31(37,4)19-39)17-29(40)38-18-30(2,3)26-14-35-24(12-28(26)38)10-21-6-7-22(32)11-27(21)33/h6-7,11-12,14,23,25,34,39H,5,8-10,13,15-20H2,1-4H3. The molecule has 0 saturated carbocycles. The minimum Gasteiger partial charge on any atom is -0.394 e. The van der Waals surface area contributed by atoms with E-state index in [1.54, 1.807) is 6.20 Å². The molecule has 224 valence electrons. The van der Waals surface area contributed by atoms with Crippen molar-refractivity contribution in [1.29, 1.82) is 0 Å². The Labute approximate surface area is 241 Å². The highest BCUT2D eigenvalue weighted by molar-refractivity contribution is 5.97. The molecular weight excluding hydrogens is 528 g/mol. The summed E-state index contributed by atoms with van der Waals surface area (Å²) < 4.78 is 33.5. The first kappa shape index (κ1) is 30.0. The fourth-order valence-electron chi connectivity index (χ4n) is 6.35. The lowest BCUT2D eigenvalue weighted by molar-refractivity contribution is -0.122. The Bertz CT molecular complexity index is 1260. The van der Waals surface area contributed by atoms with Crippen molar-refractivity contribution in [2.24, 2.45) is 0 Å². The molecule has 0 bridgehead atoms. The number of anilines is 1. The van der Waals surface area contributed by atoms with E-state index >= 15 is 0 Å². The van der Waals surface area contributed by atoms with Gasteiger partial charge in [0.1, 0.15) is 11.6 Å². The van der Waals surface area contributed by atoms with Crippen molar-refractivity contribution < 1.29 is 23.4 Å². The maximum absolute atomic E-state index is 14.4. The molecule has 0 spiro atoms. The number of carbonyl (C=O) groups is 1. The number of amides is 1. The summed E-state index contributed by atoms with van der Waals surface area (Å²) in [4.78, 5) is 25.0. The molecular formula is C31H43F2N5O3. The molecule has 4 heterocycles. The van der Waals surface area contributed by atoms with Crippen molar-refractivity contribution in [2.45, 2.75) is 63.6 Å². The van der Waals surface area contributed by atoms with E-state index in [-0.39, 0.29) is 36.9 Å². The molecule has 2 N–H and O–H groups in total. The smallest absolute Gasteiger partial charge is 0.241 e. The Hall–Kier alpha value is -2.50. The Morgan fingerprint density at radius 2 is 2.05 bits per heavy atom. The number of benzene rings is 1. The van der Waals surface area contributed by atoms with Gasteiger partial charge in [0.15, 0.2) is 0 Å². The maximum atomic E-state index is 14.4. The SMILES string of the molecule is CCC1CN(CC(=O)N2CC(C)(C)c3cnc(Cc4ccc(F)cc4F)cc32)C(CN2CCOCC2(C)CO)CN1. The lowest BCUT2D eigenvalue weighted by Gasteiger charge is -2.48. The number of nitrogens with zero attached hydrogens (tertiary/aromatic N) is 4. The molecule has 41 heavy (non-hydrogen) atoms. The molecule has 1 aromatic carbocycles. The molecule has 2 fully saturated rings. The largest absolute Gasteiger partial charge is 0.394 e. The number of halogens is 2. The zero-order valence-electron chi connectivity index (χ0n) is 24.6. The Balaban J connectivity index is 1.36. The van der Waals surface area contributed by atoms with E-state index < -0.39 is 17.2 Å². The second kappa shape index (κ2) is 12.0. The fraction of sp³-hybridized carbons (Fsp3) is 0.613. The highest BCUT2D eigenvalue weighted by Crippen LogP contribution is 2.40. The third-order valence-electron chi connectivity index (χ3n) is 9.10. The first-order chi connectivity index (χ1) is 19.5. The molecule has 3 aliphatic heterocycles. The van der Waals surface area contributed by atoms with Crippen LogP contribution in [0.1, 0.15) is 50.9 Å². The summed E-state index contributed by atoms with van der Waals surface area (Å²) in [6, 6.07) is 5.87. The number of morpholine rings is 1. The van der Waals surface area contributed by atoms with Gasteiger partial charge in [-0.25, -0.2) is 8.78 Å². The Morgan fingerprint density at radius 3 is 2.78 bits per heavy atom. The highest BCUT2D eigenvalue weighted by atomic mass is 19.1. The summed E-state index contributed by atoms with van der Waals surface area (Å²) >= 11 is 0. The Kier molecular flexibility index (Phi) is 8.78. The molecule has 1 amide bonds. The van der Waals surface area contributed by atoms with Gasteiger partial charge in [0, 0.05) is 80.2 Å². The molecule has 10 heteroatoms. The molecule has 0 aliphatic carbocycles. The molecule has 8 nitrogen and oxygen atoms in total. The summed E-state index contributed by atoms with van der Waals surface area (Å²) in [5, 5.41) is 13.8. The molecule has 2 saturated heterocycles. The van der Waals surface area contributed by atoms with Crippen LogP contribution < -0.4 is 10.2 Å². The number of piperazine rings is 1. The van der Waals surface area contributed by atoms with Gasteiger partial charge in [-0.2, -0.15) is 0 Å². The van der Waals surface area contributed by atoms with Crippen LogP contribution in [0, 0.1) is 11.6 Å².